The first-order valence-electron chi connectivity index (χ1n) is 11.5. The van der Waals surface area contributed by atoms with E-state index in [2.05, 4.69) is 10.3 Å². The van der Waals surface area contributed by atoms with Crippen LogP contribution in [0.2, 0.25) is 0 Å². The summed E-state index contributed by atoms with van der Waals surface area (Å²) in [5.41, 5.74) is 9.01. The number of nitrogen functional groups attached to an aromatic ring is 1. The molecular weight excluding hydrogens is 448 g/mol. The topological polar surface area (TPSA) is 109 Å². The predicted octanol–water partition coefficient (Wildman–Crippen LogP) is 3.92. The summed E-state index contributed by atoms with van der Waals surface area (Å²) in [6.07, 6.45) is 2.09. The van der Waals surface area contributed by atoms with E-state index in [1.54, 1.807) is 18.3 Å². The summed E-state index contributed by atoms with van der Waals surface area (Å²) in [5.74, 6) is 0.103. The van der Waals surface area contributed by atoms with Gasteiger partial charge < -0.3 is 16.2 Å². The van der Waals surface area contributed by atoms with Crippen LogP contribution in [0.5, 0.6) is 0 Å². The van der Waals surface area contributed by atoms with E-state index in [1.807, 2.05) is 62.4 Å². The van der Waals surface area contributed by atoms with Crippen molar-refractivity contribution in [3.63, 3.8) is 0 Å². The lowest BCUT2D eigenvalue weighted by atomic mass is 10.1. The van der Waals surface area contributed by atoms with Crippen LogP contribution in [0.1, 0.15) is 31.5 Å². The second kappa shape index (κ2) is 12.0. The van der Waals surface area contributed by atoms with Crippen molar-refractivity contribution in [3.8, 4) is 0 Å². The van der Waals surface area contributed by atoms with Gasteiger partial charge in [-0.05, 0) is 54.7 Å². The highest BCUT2D eigenvalue weighted by atomic mass is 32.2. The van der Waals surface area contributed by atoms with Crippen LogP contribution in [0.4, 0.5) is 11.4 Å². The first kappa shape index (κ1) is 25.7. The molecule has 0 aliphatic rings. The van der Waals surface area contributed by atoms with Gasteiger partial charge in [-0.3, -0.25) is 4.98 Å². The number of nitrogens with zero attached hydrogens (tertiary/aromatic N) is 2. The molecule has 0 aliphatic carbocycles. The third kappa shape index (κ3) is 7.28. The van der Waals surface area contributed by atoms with Crippen molar-refractivity contribution in [2.24, 2.45) is 5.92 Å². The average Bonchev–Trinajstić information content (AvgIpc) is 2.82. The third-order valence-electron chi connectivity index (χ3n) is 5.44. The third-order valence-corrected chi connectivity index (χ3v) is 7.27. The molecule has 34 heavy (non-hydrogen) atoms. The molecule has 7 nitrogen and oxygen atoms in total. The SMILES string of the molecule is CC(C)CN(CC(O)CCc1ccccc1)S(=O)(=O)c1ccc(N)c(NCc2ccccn2)c1. The molecule has 8 heteroatoms. The van der Waals surface area contributed by atoms with Crippen molar-refractivity contribution < 1.29 is 13.5 Å². The van der Waals surface area contributed by atoms with Gasteiger partial charge in [0.1, 0.15) is 0 Å². The van der Waals surface area contributed by atoms with Crippen molar-refractivity contribution >= 4 is 21.4 Å². The minimum Gasteiger partial charge on any atom is -0.397 e. The fourth-order valence-electron chi connectivity index (χ4n) is 3.67. The van der Waals surface area contributed by atoms with E-state index >= 15 is 0 Å². The quantitative estimate of drug-likeness (QED) is 0.338. The van der Waals surface area contributed by atoms with Crippen LogP contribution in [0, 0.1) is 5.92 Å². The molecule has 0 amide bonds. The van der Waals surface area contributed by atoms with Gasteiger partial charge in [-0.25, -0.2) is 8.42 Å². The van der Waals surface area contributed by atoms with Gasteiger partial charge in [0.25, 0.3) is 0 Å². The summed E-state index contributed by atoms with van der Waals surface area (Å²) in [6.45, 7) is 4.69. The summed E-state index contributed by atoms with van der Waals surface area (Å²) < 4.78 is 28.5. The lowest BCUT2D eigenvalue weighted by molar-refractivity contribution is 0.133. The Kier molecular flexibility index (Phi) is 9.04. The second-order valence-electron chi connectivity index (χ2n) is 8.82. The Labute approximate surface area is 202 Å². The van der Waals surface area contributed by atoms with E-state index in [1.165, 1.54) is 10.4 Å². The Morgan fingerprint density at radius 3 is 2.44 bits per heavy atom. The molecule has 0 spiro atoms. The number of anilines is 2. The highest BCUT2D eigenvalue weighted by molar-refractivity contribution is 7.89. The summed E-state index contributed by atoms with van der Waals surface area (Å²) >= 11 is 0. The zero-order chi connectivity index (χ0) is 24.6. The van der Waals surface area contributed by atoms with Crippen LogP contribution in [0.3, 0.4) is 0 Å². The predicted molar refractivity (Wildman–Crippen MR) is 137 cm³/mol. The van der Waals surface area contributed by atoms with Gasteiger partial charge in [0.15, 0.2) is 0 Å². The van der Waals surface area contributed by atoms with E-state index in [0.717, 1.165) is 11.3 Å². The smallest absolute Gasteiger partial charge is 0.243 e. The molecule has 1 aromatic heterocycles. The fraction of sp³-hybridized carbons (Fsp3) is 0.346. The maximum absolute atomic E-state index is 13.5. The Balaban J connectivity index is 1.75. The number of aliphatic hydroxyl groups is 1. The van der Waals surface area contributed by atoms with E-state index in [0.29, 0.717) is 37.3 Å². The molecule has 0 fully saturated rings. The lowest BCUT2D eigenvalue weighted by Gasteiger charge is -2.26. The zero-order valence-corrected chi connectivity index (χ0v) is 20.6. The van der Waals surface area contributed by atoms with Crippen molar-refractivity contribution in [1.29, 1.82) is 0 Å². The Morgan fingerprint density at radius 2 is 1.76 bits per heavy atom. The fourth-order valence-corrected chi connectivity index (χ4v) is 5.34. The van der Waals surface area contributed by atoms with Gasteiger partial charge >= 0.3 is 0 Å². The molecule has 0 radical (unpaired) electrons. The van der Waals surface area contributed by atoms with Crippen LogP contribution in [0.25, 0.3) is 0 Å². The van der Waals surface area contributed by atoms with E-state index < -0.39 is 16.1 Å². The average molecular weight is 483 g/mol. The molecule has 3 aromatic rings. The highest BCUT2D eigenvalue weighted by Crippen LogP contribution is 2.26. The van der Waals surface area contributed by atoms with Crippen LogP contribution >= 0.6 is 0 Å². The van der Waals surface area contributed by atoms with Gasteiger partial charge in [-0.2, -0.15) is 4.31 Å². The molecule has 2 aromatic carbocycles. The zero-order valence-electron chi connectivity index (χ0n) is 19.8. The van der Waals surface area contributed by atoms with Crippen molar-refractivity contribution in [2.75, 3.05) is 24.1 Å². The largest absolute Gasteiger partial charge is 0.397 e. The van der Waals surface area contributed by atoms with E-state index in [4.69, 9.17) is 5.73 Å². The van der Waals surface area contributed by atoms with Crippen LogP contribution < -0.4 is 11.1 Å². The normalized spacial score (nSPS) is 12.7. The molecule has 4 N–H and O–H groups in total. The number of aryl methyl sites for hydroxylation is 1. The first-order valence-corrected chi connectivity index (χ1v) is 12.9. The molecule has 1 unspecified atom stereocenters. The minimum absolute atomic E-state index is 0.0361. The van der Waals surface area contributed by atoms with Crippen LogP contribution in [-0.4, -0.2) is 42.0 Å². The number of rotatable bonds is 12. The van der Waals surface area contributed by atoms with E-state index in [-0.39, 0.29) is 17.4 Å². The second-order valence-corrected chi connectivity index (χ2v) is 10.8. The number of benzene rings is 2. The number of sulfonamides is 1. The number of aromatic nitrogens is 1. The monoisotopic (exact) mass is 482 g/mol. The molecule has 0 saturated heterocycles. The van der Waals surface area contributed by atoms with Gasteiger partial charge in [0.05, 0.1) is 34.6 Å². The molecule has 0 aliphatic heterocycles. The molecule has 0 saturated carbocycles. The van der Waals surface area contributed by atoms with Gasteiger partial charge in [-0.1, -0.05) is 50.2 Å². The minimum atomic E-state index is -3.83. The first-order chi connectivity index (χ1) is 16.3. The highest BCUT2D eigenvalue weighted by Gasteiger charge is 2.28. The van der Waals surface area contributed by atoms with Crippen molar-refractivity contribution in [3.05, 3.63) is 84.2 Å². The van der Waals surface area contributed by atoms with Gasteiger partial charge in [-0.15, -0.1) is 0 Å². The number of nitrogens with two attached hydrogens (primary N) is 1. The molecular formula is C26H34N4O3S. The number of aliphatic hydroxyl groups excluding tert-OH is 1. The Bertz CT molecular complexity index is 1140. The molecule has 3 rings (SSSR count). The molecule has 0 bridgehead atoms. The van der Waals surface area contributed by atoms with Gasteiger partial charge in [0, 0.05) is 19.3 Å². The standard InChI is InChI=1S/C26H34N4O3S/c1-20(2)18-30(19-23(31)12-11-21-8-4-3-5-9-21)34(32,33)24-13-14-25(27)26(16-24)29-17-22-10-6-7-15-28-22/h3-10,13-16,20,23,29,31H,11-12,17-19,27H2,1-2H3. The maximum atomic E-state index is 13.5. The molecule has 1 heterocycles. The summed E-state index contributed by atoms with van der Waals surface area (Å²) in [7, 11) is -3.83. The Morgan fingerprint density at radius 1 is 1.03 bits per heavy atom. The van der Waals surface area contributed by atoms with Gasteiger partial charge in [0.2, 0.25) is 10.0 Å². The van der Waals surface area contributed by atoms with Crippen molar-refractivity contribution in [1.82, 2.24) is 9.29 Å². The van der Waals surface area contributed by atoms with Crippen molar-refractivity contribution in [2.45, 2.75) is 44.2 Å². The summed E-state index contributed by atoms with van der Waals surface area (Å²) in [5, 5.41) is 13.8. The van der Waals surface area contributed by atoms with E-state index in [9.17, 15) is 13.5 Å². The number of hydrogen-bond acceptors (Lipinski definition) is 6. The van der Waals surface area contributed by atoms with Crippen LogP contribution in [-0.2, 0) is 23.0 Å². The number of hydrogen-bond donors (Lipinski definition) is 3. The summed E-state index contributed by atoms with van der Waals surface area (Å²) in [6, 6.07) is 20.1. The number of nitrogens with one attached hydrogen (secondary N) is 1. The molecule has 182 valence electrons. The lowest BCUT2D eigenvalue weighted by Crippen LogP contribution is -2.40. The molecule has 1 atom stereocenters. The van der Waals surface area contributed by atoms with Crippen LogP contribution in [0.15, 0.2) is 77.8 Å². The summed E-state index contributed by atoms with van der Waals surface area (Å²) in [4.78, 5) is 4.41. The maximum Gasteiger partial charge on any atom is 0.243 e. The number of pyridine rings is 1. The Hall–Kier alpha value is -2.94.